The van der Waals surface area contributed by atoms with Crippen molar-refractivity contribution in [1.29, 1.82) is 0 Å². The van der Waals surface area contributed by atoms with Crippen molar-refractivity contribution < 1.29 is 0 Å². The minimum absolute atomic E-state index is 0.493. The Hall–Kier alpha value is -3.46. The quantitative estimate of drug-likeness (QED) is 0.224. The highest BCUT2D eigenvalue weighted by Crippen LogP contribution is 2.30. The summed E-state index contributed by atoms with van der Waals surface area (Å²) in [6.07, 6.45) is 7.10. The van der Waals surface area contributed by atoms with Crippen molar-refractivity contribution in [2.75, 3.05) is 5.43 Å². The van der Waals surface area contributed by atoms with Crippen LogP contribution in [0.5, 0.6) is 0 Å². The summed E-state index contributed by atoms with van der Waals surface area (Å²) >= 11 is 13.6. The molecule has 0 unspecified atom stereocenters. The molecule has 0 spiro atoms. The highest BCUT2D eigenvalue weighted by Gasteiger charge is 2.17. The monoisotopic (exact) mass is 493 g/mol. The van der Waals surface area contributed by atoms with Crippen LogP contribution in [-0.4, -0.2) is 30.5 Å². The molecule has 0 saturated carbocycles. The Morgan fingerprint density at radius 2 is 1.94 bits per heavy atom. The first-order valence-corrected chi connectivity index (χ1v) is 11.6. The second kappa shape index (κ2) is 9.19. The Morgan fingerprint density at radius 3 is 2.70 bits per heavy atom. The first kappa shape index (κ1) is 21.4. The number of thiazole rings is 1. The summed E-state index contributed by atoms with van der Waals surface area (Å²) in [4.78, 5) is 8.78. The lowest BCUT2D eigenvalue weighted by Gasteiger charge is -2.08. The van der Waals surface area contributed by atoms with Crippen molar-refractivity contribution in [1.82, 2.24) is 24.3 Å². The number of hydrogen-bond acceptors (Lipinski definition) is 6. The predicted molar refractivity (Wildman–Crippen MR) is 134 cm³/mol. The van der Waals surface area contributed by atoms with Crippen LogP contribution < -0.4 is 5.43 Å². The highest BCUT2D eigenvalue weighted by atomic mass is 35.5. The van der Waals surface area contributed by atoms with Crippen molar-refractivity contribution in [3.05, 3.63) is 93.9 Å². The van der Waals surface area contributed by atoms with Crippen LogP contribution >= 0.6 is 34.5 Å². The van der Waals surface area contributed by atoms with E-state index in [1.165, 1.54) is 11.3 Å². The third-order valence-electron chi connectivity index (χ3n) is 4.90. The number of benzene rings is 2. The van der Waals surface area contributed by atoms with Gasteiger partial charge in [0.25, 0.3) is 0 Å². The number of para-hydroxylation sites is 1. The van der Waals surface area contributed by atoms with E-state index in [1.807, 2.05) is 64.1 Å². The van der Waals surface area contributed by atoms with E-state index in [4.69, 9.17) is 28.3 Å². The van der Waals surface area contributed by atoms with E-state index in [2.05, 4.69) is 20.5 Å². The fraction of sp³-hybridized carbons (Fsp3) is 0.0435. The lowest BCUT2D eigenvalue weighted by atomic mass is 10.2. The molecule has 10 heteroatoms. The molecule has 2 aromatic carbocycles. The van der Waals surface area contributed by atoms with Gasteiger partial charge in [0.1, 0.15) is 6.33 Å². The molecule has 5 rings (SSSR count). The van der Waals surface area contributed by atoms with Gasteiger partial charge in [0.15, 0.2) is 5.82 Å². The van der Waals surface area contributed by atoms with Crippen LogP contribution in [0.3, 0.4) is 0 Å². The molecule has 7 nitrogen and oxygen atoms in total. The molecule has 0 aliphatic heterocycles. The summed E-state index contributed by atoms with van der Waals surface area (Å²) in [6, 6.07) is 15.4. The number of nitrogens with one attached hydrogen (secondary N) is 1. The standard InChI is InChI=1S/C23H17Cl2N7S/c1-15-18(22(31-10-9-26-14-31)32(30-15)17-5-3-2-4-6-17)12-27-29-23-28-21(13-33-23)16-7-8-19(24)20(25)11-16/h2-14H,1H3,(H,28,29)/b27-12+. The number of hydrazone groups is 1. The number of aryl methyl sites for hydroxylation is 1. The van der Waals surface area contributed by atoms with Crippen LogP contribution in [0.25, 0.3) is 22.8 Å². The van der Waals surface area contributed by atoms with Gasteiger partial charge in [0.05, 0.1) is 38.9 Å². The fourth-order valence-electron chi connectivity index (χ4n) is 3.33. The minimum atomic E-state index is 0.493. The average molecular weight is 494 g/mol. The molecule has 0 aliphatic rings. The Morgan fingerprint density at radius 1 is 1.09 bits per heavy atom. The summed E-state index contributed by atoms with van der Waals surface area (Å²) in [5, 5.41) is 12.8. The highest BCUT2D eigenvalue weighted by molar-refractivity contribution is 7.14. The van der Waals surface area contributed by atoms with Crippen LogP contribution in [0.1, 0.15) is 11.3 Å². The molecular weight excluding hydrogens is 477 g/mol. The molecule has 3 aromatic heterocycles. The van der Waals surface area contributed by atoms with Gasteiger partial charge >= 0.3 is 0 Å². The minimum Gasteiger partial charge on any atom is -0.290 e. The molecule has 33 heavy (non-hydrogen) atoms. The molecule has 0 bridgehead atoms. The molecule has 1 N–H and O–H groups in total. The Kier molecular flexibility index (Phi) is 5.95. The van der Waals surface area contributed by atoms with Crippen LogP contribution in [0.15, 0.2) is 77.7 Å². The van der Waals surface area contributed by atoms with Crippen LogP contribution in [0.4, 0.5) is 5.13 Å². The molecule has 5 aromatic rings. The number of halogens is 2. The van der Waals surface area contributed by atoms with Gasteiger partial charge in [-0.15, -0.1) is 11.3 Å². The zero-order chi connectivity index (χ0) is 22.8. The second-order valence-corrected chi connectivity index (χ2v) is 8.75. The van der Waals surface area contributed by atoms with Gasteiger partial charge in [0, 0.05) is 23.3 Å². The summed E-state index contributed by atoms with van der Waals surface area (Å²) in [5.74, 6) is 0.845. The topological polar surface area (TPSA) is 72.9 Å². The van der Waals surface area contributed by atoms with Gasteiger partial charge < -0.3 is 0 Å². The third-order valence-corrected chi connectivity index (χ3v) is 6.39. The zero-order valence-electron chi connectivity index (χ0n) is 17.4. The van der Waals surface area contributed by atoms with Crippen LogP contribution in [0.2, 0.25) is 10.0 Å². The Bertz CT molecular complexity index is 1420. The number of rotatable bonds is 6. The largest absolute Gasteiger partial charge is 0.290 e. The summed E-state index contributed by atoms with van der Waals surface area (Å²) in [6.45, 7) is 1.95. The van der Waals surface area contributed by atoms with Crippen molar-refractivity contribution in [2.45, 2.75) is 6.92 Å². The fourth-order valence-corrected chi connectivity index (χ4v) is 4.29. The van der Waals surface area contributed by atoms with Crippen molar-refractivity contribution in [2.24, 2.45) is 5.10 Å². The SMILES string of the molecule is Cc1nn(-c2ccccc2)c(-n2ccnc2)c1/C=N/Nc1nc(-c2ccc(Cl)c(Cl)c2)cs1. The van der Waals surface area contributed by atoms with Gasteiger partial charge in [-0.1, -0.05) is 47.5 Å². The van der Waals surface area contributed by atoms with E-state index in [0.717, 1.165) is 34.0 Å². The number of imidazole rings is 1. The molecule has 164 valence electrons. The van der Waals surface area contributed by atoms with Gasteiger partial charge in [-0.25, -0.2) is 14.6 Å². The van der Waals surface area contributed by atoms with E-state index in [0.29, 0.717) is 15.2 Å². The van der Waals surface area contributed by atoms with Crippen molar-refractivity contribution in [3.8, 4) is 22.8 Å². The van der Waals surface area contributed by atoms with Crippen molar-refractivity contribution >= 4 is 45.9 Å². The maximum atomic E-state index is 6.13. The third kappa shape index (κ3) is 4.41. The van der Waals surface area contributed by atoms with E-state index < -0.39 is 0 Å². The Balaban J connectivity index is 1.43. The lowest BCUT2D eigenvalue weighted by Crippen LogP contribution is -2.06. The molecular formula is C23H17Cl2N7S. The van der Waals surface area contributed by atoms with E-state index in [-0.39, 0.29) is 0 Å². The molecule has 0 fully saturated rings. The number of nitrogens with zero attached hydrogens (tertiary/aromatic N) is 6. The van der Waals surface area contributed by atoms with Gasteiger partial charge in [-0.2, -0.15) is 10.2 Å². The predicted octanol–water partition coefficient (Wildman–Crippen LogP) is 6.24. The molecule has 0 saturated heterocycles. The summed E-state index contributed by atoms with van der Waals surface area (Å²) < 4.78 is 3.80. The van der Waals surface area contributed by atoms with E-state index in [1.54, 1.807) is 30.9 Å². The molecule has 3 heterocycles. The first-order chi connectivity index (χ1) is 16.1. The second-order valence-electron chi connectivity index (χ2n) is 7.08. The number of anilines is 1. The summed E-state index contributed by atoms with van der Waals surface area (Å²) in [7, 11) is 0. The molecule has 0 radical (unpaired) electrons. The van der Waals surface area contributed by atoms with Crippen LogP contribution in [-0.2, 0) is 0 Å². The molecule has 0 amide bonds. The average Bonchev–Trinajstić information content (AvgIpc) is 3.57. The van der Waals surface area contributed by atoms with Gasteiger partial charge in [-0.05, 0) is 31.2 Å². The Labute approximate surface area is 204 Å². The zero-order valence-corrected chi connectivity index (χ0v) is 19.7. The molecule has 0 atom stereocenters. The summed E-state index contributed by atoms with van der Waals surface area (Å²) in [5.41, 5.74) is 7.35. The van der Waals surface area contributed by atoms with Crippen LogP contribution in [0, 0.1) is 6.92 Å². The van der Waals surface area contributed by atoms with E-state index >= 15 is 0 Å². The van der Waals surface area contributed by atoms with E-state index in [9.17, 15) is 0 Å². The lowest BCUT2D eigenvalue weighted by molar-refractivity contribution is 0.811. The van der Waals surface area contributed by atoms with Gasteiger partial charge in [-0.3, -0.25) is 9.99 Å². The maximum Gasteiger partial charge on any atom is 0.203 e. The van der Waals surface area contributed by atoms with Crippen molar-refractivity contribution in [3.63, 3.8) is 0 Å². The smallest absolute Gasteiger partial charge is 0.203 e. The van der Waals surface area contributed by atoms with Gasteiger partial charge in [0.2, 0.25) is 5.13 Å². The first-order valence-electron chi connectivity index (χ1n) is 9.93. The molecule has 0 aliphatic carbocycles. The normalized spacial score (nSPS) is 11.4. The maximum absolute atomic E-state index is 6.13. The number of aromatic nitrogens is 5. The number of hydrogen-bond donors (Lipinski definition) is 1.